The van der Waals surface area contributed by atoms with Gasteiger partial charge in [0, 0.05) is 11.6 Å². The molecular formula is C15H17ClN2O. The highest BCUT2D eigenvalue weighted by Crippen LogP contribution is 2.32. The molecule has 1 aromatic carbocycles. The van der Waals surface area contributed by atoms with Crippen LogP contribution < -0.4 is 5.32 Å². The SMILES string of the molecule is C#CCNCC(=O)N1CCCC1c1cccc(Cl)c1. The molecule has 1 aromatic rings. The molecule has 0 saturated carbocycles. The van der Waals surface area contributed by atoms with E-state index in [2.05, 4.69) is 11.2 Å². The topological polar surface area (TPSA) is 32.3 Å². The molecule has 19 heavy (non-hydrogen) atoms. The van der Waals surface area contributed by atoms with Gasteiger partial charge in [-0.3, -0.25) is 10.1 Å². The van der Waals surface area contributed by atoms with Crippen molar-refractivity contribution in [2.45, 2.75) is 18.9 Å². The van der Waals surface area contributed by atoms with E-state index in [1.54, 1.807) is 0 Å². The lowest BCUT2D eigenvalue weighted by atomic mass is 10.0. The first kappa shape index (κ1) is 13.9. The number of terminal acetylenes is 1. The Kier molecular flexibility index (Phi) is 4.84. The molecule has 2 rings (SSSR count). The molecule has 1 saturated heterocycles. The Bertz CT molecular complexity index is 495. The van der Waals surface area contributed by atoms with Crippen molar-refractivity contribution < 1.29 is 4.79 Å². The van der Waals surface area contributed by atoms with Crippen molar-refractivity contribution in [3.05, 3.63) is 34.9 Å². The number of hydrogen-bond donors (Lipinski definition) is 1. The summed E-state index contributed by atoms with van der Waals surface area (Å²) in [7, 11) is 0. The van der Waals surface area contributed by atoms with Crippen LogP contribution in [0, 0.1) is 12.3 Å². The maximum absolute atomic E-state index is 12.2. The number of nitrogens with one attached hydrogen (secondary N) is 1. The van der Waals surface area contributed by atoms with Crippen molar-refractivity contribution >= 4 is 17.5 Å². The smallest absolute Gasteiger partial charge is 0.237 e. The van der Waals surface area contributed by atoms with Crippen molar-refractivity contribution in [2.24, 2.45) is 0 Å². The zero-order chi connectivity index (χ0) is 13.7. The van der Waals surface area contributed by atoms with E-state index in [0.717, 1.165) is 24.9 Å². The number of benzene rings is 1. The first-order valence-corrected chi connectivity index (χ1v) is 6.79. The Morgan fingerprint density at radius 1 is 1.58 bits per heavy atom. The molecule has 0 aliphatic carbocycles. The minimum absolute atomic E-state index is 0.0951. The molecule has 1 unspecified atom stereocenters. The minimum Gasteiger partial charge on any atom is -0.335 e. The lowest BCUT2D eigenvalue weighted by Gasteiger charge is -2.25. The van der Waals surface area contributed by atoms with Gasteiger partial charge in [0.1, 0.15) is 0 Å². The summed E-state index contributed by atoms with van der Waals surface area (Å²) in [6.45, 7) is 1.51. The van der Waals surface area contributed by atoms with Crippen molar-refractivity contribution in [3.8, 4) is 12.3 Å². The molecule has 1 heterocycles. The third kappa shape index (κ3) is 3.50. The summed E-state index contributed by atoms with van der Waals surface area (Å²) in [5.41, 5.74) is 1.11. The van der Waals surface area contributed by atoms with Gasteiger partial charge < -0.3 is 4.90 Å². The van der Waals surface area contributed by atoms with Crippen LogP contribution in [0.5, 0.6) is 0 Å². The summed E-state index contributed by atoms with van der Waals surface area (Å²) in [6.07, 6.45) is 7.16. The number of carbonyl (C=O) groups is 1. The first-order chi connectivity index (χ1) is 9.22. The van der Waals surface area contributed by atoms with Crippen molar-refractivity contribution in [1.29, 1.82) is 0 Å². The quantitative estimate of drug-likeness (QED) is 0.676. The van der Waals surface area contributed by atoms with Crippen LogP contribution in [-0.2, 0) is 4.79 Å². The summed E-state index contributed by atoms with van der Waals surface area (Å²) >= 11 is 6.02. The second-order valence-corrected chi connectivity index (χ2v) is 5.04. The molecule has 1 fully saturated rings. The first-order valence-electron chi connectivity index (χ1n) is 6.41. The molecule has 3 nitrogen and oxygen atoms in total. The largest absolute Gasteiger partial charge is 0.335 e. The van der Waals surface area contributed by atoms with Crippen LogP contribution in [0.25, 0.3) is 0 Å². The highest BCUT2D eigenvalue weighted by molar-refractivity contribution is 6.30. The lowest BCUT2D eigenvalue weighted by Crippen LogP contribution is -2.37. The van der Waals surface area contributed by atoms with Crippen LogP contribution in [0.4, 0.5) is 0 Å². The lowest BCUT2D eigenvalue weighted by molar-refractivity contribution is -0.131. The Balaban J connectivity index is 2.04. The Morgan fingerprint density at radius 3 is 3.16 bits per heavy atom. The molecule has 100 valence electrons. The zero-order valence-electron chi connectivity index (χ0n) is 10.7. The van der Waals surface area contributed by atoms with E-state index in [1.165, 1.54) is 0 Å². The molecule has 0 bridgehead atoms. The number of halogens is 1. The van der Waals surface area contributed by atoms with E-state index in [0.29, 0.717) is 18.1 Å². The maximum atomic E-state index is 12.2. The van der Waals surface area contributed by atoms with E-state index in [-0.39, 0.29) is 11.9 Å². The monoisotopic (exact) mass is 276 g/mol. The number of likely N-dealkylation sites (tertiary alicyclic amines) is 1. The maximum Gasteiger partial charge on any atom is 0.237 e. The predicted octanol–water partition coefficient (Wildman–Crippen LogP) is 2.23. The summed E-state index contributed by atoms with van der Waals surface area (Å²) in [5.74, 6) is 2.56. The van der Waals surface area contributed by atoms with Gasteiger partial charge in [0.2, 0.25) is 5.91 Å². The van der Waals surface area contributed by atoms with Gasteiger partial charge in [-0.15, -0.1) is 6.42 Å². The van der Waals surface area contributed by atoms with Crippen LogP contribution in [0.15, 0.2) is 24.3 Å². The van der Waals surface area contributed by atoms with Crippen LogP contribution in [0.1, 0.15) is 24.4 Å². The van der Waals surface area contributed by atoms with Gasteiger partial charge in [0.05, 0.1) is 19.1 Å². The molecule has 0 aromatic heterocycles. The van der Waals surface area contributed by atoms with Crippen LogP contribution >= 0.6 is 11.6 Å². The third-order valence-electron chi connectivity index (χ3n) is 3.31. The van der Waals surface area contributed by atoms with Crippen molar-refractivity contribution in [1.82, 2.24) is 10.2 Å². The molecule has 1 aliphatic heterocycles. The molecule has 4 heteroatoms. The van der Waals surface area contributed by atoms with Crippen LogP contribution in [0.3, 0.4) is 0 Å². The number of amides is 1. The number of rotatable bonds is 4. The molecule has 0 spiro atoms. The summed E-state index contributed by atoms with van der Waals surface area (Å²) in [6, 6.07) is 7.87. The van der Waals surface area contributed by atoms with Crippen molar-refractivity contribution in [2.75, 3.05) is 19.6 Å². The molecule has 0 radical (unpaired) electrons. The zero-order valence-corrected chi connectivity index (χ0v) is 11.5. The molecular weight excluding hydrogens is 260 g/mol. The summed E-state index contributed by atoms with van der Waals surface area (Å²) < 4.78 is 0. The van der Waals surface area contributed by atoms with Crippen LogP contribution in [-0.4, -0.2) is 30.4 Å². The van der Waals surface area contributed by atoms with Gasteiger partial charge in [-0.25, -0.2) is 0 Å². The Hall–Kier alpha value is -1.50. The summed E-state index contributed by atoms with van der Waals surface area (Å²) in [4.78, 5) is 14.1. The van der Waals surface area contributed by atoms with Gasteiger partial charge in [-0.1, -0.05) is 29.7 Å². The third-order valence-corrected chi connectivity index (χ3v) is 3.54. The van der Waals surface area contributed by atoms with E-state index >= 15 is 0 Å². The van der Waals surface area contributed by atoms with Gasteiger partial charge in [-0.05, 0) is 30.5 Å². The molecule has 1 atom stereocenters. The Labute approximate surface area is 118 Å². The number of nitrogens with zero attached hydrogens (tertiary/aromatic N) is 1. The Morgan fingerprint density at radius 2 is 2.42 bits per heavy atom. The second kappa shape index (κ2) is 6.60. The van der Waals surface area contributed by atoms with Gasteiger partial charge in [0.15, 0.2) is 0 Å². The van der Waals surface area contributed by atoms with E-state index in [1.807, 2.05) is 29.2 Å². The standard InChI is InChI=1S/C15H17ClN2O/c1-2-8-17-11-15(19)18-9-4-7-14(18)12-5-3-6-13(16)10-12/h1,3,5-6,10,14,17H,4,7-9,11H2. The second-order valence-electron chi connectivity index (χ2n) is 4.61. The highest BCUT2D eigenvalue weighted by Gasteiger charge is 2.29. The normalized spacial score (nSPS) is 18.3. The van der Waals surface area contributed by atoms with Gasteiger partial charge >= 0.3 is 0 Å². The average Bonchev–Trinajstić information content (AvgIpc) is 2.88. The molecule has 1 N–H and O–H groups in total. The average molecular weight is 277 g/mol. The van der Waals surface area contributed by atoms with Crippen LogP contribution in [0.2, 0.25) is 5.02 Å². The molecule has 1 amide bonds. The fourth-order valence-corrected chi connectivity index (χ4v) is 2.67. The van der Waals surface area contributed by atoms with Gasteiger partial charge in [0.25, 0.3) is 0 Å². The van der Waals surface area contributed by atoms with Gasteiger partial charge in [-0.2, -0.15) is 0 Å². The van der Waals surface area contributed by atoms with Crippen molar-refractivity contribution in [3.63, 3.8) is 0 Å². The number of hydrogen-bond acceptors (Lipinski definition) is 2. The van der Waals surface area contributed by atoms with E-state index in [4.69, 9.17) is 18.0 Å². The fourth-order valence-electron chi connectivity index (χ4n) is 2.47. The minimum atomic E-state index is 0.0951. The number of carbonyl (C=O) groups excluding carboxylic acids is 1. The summed E-state index contributed by atoms with van der Waals surface area (Å²) in [5, 5.41) is 3.65. The van der Waals surface area contributed by atoms with E-state index < -0.39 is 0 Å². The fraction of sp³-hybridized carbons (Fsp3) is 0.400. The van der Waals surface area contributed by atoms with E-state index in [9.17, 15) is 4.79 Å². The molecule has 1 aliphatic rings. The highest BCUT2D eigenvalue weighted by atomic mass is 35.5. The predicted molar refractivity (Wildman–Crippen MR) is 76.8 cm³/mol.